The fourth-order valence-corrected chi connectivity index (χ4v) is 3.53. The maximum absolute atomic E-state index is 10.8. The Morgan fingerprint density at radius 1 is 1.26 bits per heavy atom. The zero-order valence-corrected chi connectivity index (χ0v) is 13.1. The Morgan fingerprint density at radius 2 is 2.13 bits per heavy atom. The zero-order valence-electron chi connectivity index (χ0n) is 13.1. The first-order valence-corrected chi connectivity index (χ1v) is 8.10. The molecular formula is C18H20N4O. The number of aliphatic hydroxyl groups is 1. The third-order valence-electron chi connectivity index (χ3n) is 4.57. The molecule has 1 N–H and O–H groups in total. The Labute approximate surface area is 135 Å². The van der Waals surface area contributed by atoms with Crippen molar-refractivity contribution >= 4 is 0 Å². The summed E-state index contributed by atoms with van der Waals surface area (Å²) >= 11 is 0. The van der Waals surface area contributed by atoms with Gasteiger partial charge in [-0.15, -0.1) is 0 Å². The summed E-state index contributed by atoms with van der Waals surface area (Å²) in [5, 5.41) is 15.1. The molecular weight excluding hydrogens is 288 g/mol. The van der Waals surface area contributed by atoms with Crippen molar-refractivity contribution < 1.29 is 5.11 Å². The molecule has 5 heteroatoms. The van der Waals surface area contributed by atoms with Crippen LogP contribution < -0.4 is 0 Å². The number of rotatable bonds is 5. The normalized spacial score (nSPS) is 17.0. The molecule has 23 heavy (non-hydrogen) atoms. The minimum Gasteiger partial charge on any atom is -0.387 e. The first-order valence-electron chi connectivity index (χ1n) is 8.10. The van der Waals surface area contributed by atoms with Gasteiger partial charge in [-0.2, -0.15) is 5.10 Å². The van der Waals surface area contributed by atoms with Crippen LogP contribution in [0, 0.1) is 0 Å². The molecule has 0 unspecified atom stereocenters. The molecule has 2 atom stereocenters. The van der Waals surface area contributed by atoms with Crippen molar-refractivity contribution in [2.45, 2.75) is 38.5 Å². The van der Waals surface area contributed by atoms with Gasteiger partial charge in [0.1, 0.15) is 0 Å². The van der Waals surface area contributed by atoms with Gasteiger partial charge in [-0.05, 0) is 18.1 Å². The number of aromatic nitrogens is 4. The van der Waals surface area contributed by atoms with E-state index in [2.05, 4.69) is 39.8 Å². The molecule has 0 fully saturated rings. The predicted molar refractivity (Wildman–Crippen MR) is 87.9 cm³/mol. The van der Waals surface area contributed by atoms with E-state index in [-0.39, 0.29) is 6.04 Å². The largest absolute Gasteiger partial charge is 0.387 e. The van der Waals surface area contributed by atoms with Gasteiger partial charge in [-0.3, -0.25) is 4.68 Å². The number of benzene rings is 1. The number of fused-ring (bicyclic) bond motifs is 3. The van der Waals surface area contributed by atoms with Crippen LogP contribution in [-0.4, -0.2) is 24.4 Å². The molecule has 0 saturated carbocycles. The van der Waals surface area contributed by atoms with Crippen molar-refractivity contribution in [3.63, 3.8) is 0 Å². The molecule has 4 rings (SSSR count). The third kappa shape index (κ3) is 2.28. The van der Waals surface area contributed by atoms with Gasteiger partial charge in [0.25, 0.3) is 0 Å². The highest BCUT2D eigenvalue weighted by Crippen LogP contribution is 2.42. The maximum Gasteiger partial charge on any atom is 0.0979 e. The fraction of sp³-hybridized carbons (Fsp3) is 0.333. The van der Waals surface area contributed by atoms with E-state index in [1.54, 1.807) is 6.20 Å². The lowest BCUT2D eigenvalue weighted by molar-refractivity contribution is 0.143. The molecule has 2 aromatic heterocycles. The molecule has 1 aromatic carbocycles. The summed E-state index contributed by atoms with van der Waals surface area (Å²) in [4.78, 5) is 4.27. The number of hydrogen-bond acceptors (Lipinski definition) is 3. The Kier molecular flexibility index (Phi) is 3.50. The van der Waals surface area contributed by atoms with Crippen molar-refractivity contribution in [2.75, 3.05) is 0 Å². The highest BCUT2D eigenvalue weighted by molar-refractivity contribution is 5.68. The van der Waals surface area contributed by atoms with E-state index < -0.39 is 6.10 Å². The van der Waals surface area contributed by atoms with Crippen LogP contribution in [0.3, 0.4) is 0 Å². The topological polar surface area (TPSA) is 55.9 Å². The number of hydrogen-bond donors (Lipinski definition) is 1. The van der Waals surface area contributed by atoms with Crippen molar-refractivity contribution in [3.05, 3.63) is 60.3 Å². The van der Waals surface area contributed by atoms with Gasteiger partial charge in [0.05, 0.1) is 36.1 Å². The molecule has 0 aliphatic carbocycles. The minimum atomic E-state index is -0.546. The lowest BCUT2D eigenvalue weighted by Crippen LogP contribution is -2.14. The molecule has 3 aromatic rings. The number of aryl methyl sites for hydroxylation is 1. The average Bonchev–Trinajstić information content (AvgIpc) is 3.26. The highest BCUT2D eigenvalue weighted by Gasteiger charge is 2.30. The van der Waals surface area contributed by atoms with Crippen LogP contribution in [0.5, 0.6) is 0 Å². The van der Waals surface area contributed by atoms with Crippen LogP contribution in [0.1, 0.15) is 43.2 Å². The first-order chi connectivity index (χ1) is 11.3. The zero-order chi connectivity index (χ0) is 15.8. The quantitative estimate of drug-likeness (QED) is 0.787. The van der Waals surface area contributed by atoms with Gasteiger partial charge < -0.3 is 9.67 Å². The van der Waals surface area contributed by atoms with Crippen molar-refractivity contribution in [3.8, 4) is 11.3 Å². The Balaban J connectivity index is 1.65. The highest BCUT2D eigenvalue weighted by atomic mass is 16.3. The Bertz CT molecular complexity index is 820. The summed E-state index contributed by atoms with van der Waals surface area (Å²) in [5.41, 5.74) is 4.48. The van der Waals surface area contributed by atoms with Gasteiger partial charge in [-0.1, -0.05) is 31.2 Å². The van der Waals surface area contributed by atoms with E-state index >= 15 is 0 Å². The van der Waals surface area contributed by atoms with Crippen LogP contribution in [0.15, 0.2) is 49.1 Å². The Hall–Kier alpha value is -2.40. The third-order valence-corrected chi connectivity index (χ3v) is 4.57. The summed E-state index contributed by atoms with van der Waals surface area (Å²) in [5.74, 6) is 0. The Morgan fingerprint density at radius 3 is 3.00 bits per heavy atom. The molecule has 0 spiro atoms. The van der Waals surface area contributed by atoms with E-state index in [0.717, 1.165) is 24.4 Å². The number of nitrogens with zero attached hydrogens (tertiary/aromatic N) is 4. The second-order valence-electron chi connectivity index (χ2n) is 6.02. The van der Waals surface area contributed by atoms with Crippen molar-refractivity contribution in [2.24, 2.45) is 0 Å². The van der Waals surface area contributed by atoms with Crippen molar-refractivity contribution in [1.29, 1.82) is 0 Å². The van der Waals surface area contributed by atoms with E-state index in [0.29, 0.717) is 6.42 Å². The molecule has 1 aliphatic heterocycles. The summed E-state index contributed by atoms with van der Waals surface area (Å²) in [6.07, 6.45) is 6.59. The van der Waals surface area contributed by atoms with Crippen LogP contribution in [0.4, 0.5) is 0 Å². The van der Waals surface area contributed by atoms with Crippen LogP contribution >= 0.6 is 0 Å². The summed E-state index contributed by atoms with van der Waals surface area (Å²) < 4.78 is 4.06. The molecule has 118 valence electrons. The molecule has 1 aliphatic rings. The molecule has 0 bridgehead atoms. The van der Waals surface area contributed by atoms with E-state index in [4.69, 9.17) is 0 Å². The smallest absolute Gasteiger partial charge is 0.0979 e. The SMILES string of the molecule is CCCn1nccc1[C@@H](O)C[C@@H]1c2ccccc2-c2cncn21. The summed E-state index contributed by atoms with van der Waals surface area (Å²) in [6.45, 7) is 2.94. The van der Waals surface area contributed by atoms with Gasteiger partial charge >= 0.3 is 0 Å². The van der Waals surface area contributed by atoms with Gasteiger partial charge in [0, 0.05) is 24.7 Å². The van der Waals surface area contributed by atoms with E-state index in [1.165, 1.54) is 11.1 Å². The van der Waals surface area contributed by atoms with Gasteiger partial charge in [0.15, 0.2) is 0 Å². The molecule has 5 nitrogen and oxygen atoms in total. The second-order valence-corrected chi connectivity index (χ2v) is 6.02. The monoisotopic (exact) mass is 308 g/mol. The minimum absolute atomic E-state index is 0.115. The standard InChI is InChI=1S/C18H20N4O/c1-2-9-22-15(7-8-20-22)18(23)10-16-13-5-3-4-6-14(13)17-11-19-12-21(16)17/h3-8,11-12,16,18,23H,2,9-10H2,1H3/t16-,18+/m1/s1. The van der Waals surface area contributed by atoms with Crippen LogP contribution in [0.25, 0.3) is 11.3 Å². The first kappa shape index (κ1) is 14.2. The van der Waals surface area contributed by atoms with E-state index in [9.17, 15) is 5.11 Å². The number of imidazole rings is 1. The van der Waals surface area contributed by atoms with Crippen LogP contribution in [-0.2, 0) is 6.54 Å². The molecule has 0 radical (unpaired) electrons. The molecule has 0 saturated heterocycles. The predicted octanol–water partition coefficient (Wildman–Crippen LogP) is 3.18. The average molecular weight is 308 g/mol. The molecule has 3 heterocycles. The molecule has 0 amide bonds. The maximum atomic E-state index is 10.8. The summed E-state index contributed by atoms with van der Waals surface area (Å²) in [6, 6.07) is 10.4. The van der Waals surface area contributed by atoms with Gasteiger partial charge in [0.2, 0.25) is 0 Å². The van der Waals surface area contributed by atoms with Crippen molar-refractivity contribution in [1.82, 2.24) is 19.3 Å². The van der Waals surface area contributed by atoms with E-state index in [1.807, 2.05) is 29.3 Å². The van der Waals surface area contributed by atoms with Gasteiger partial charge in [-0.25, -0.2) is 4.98 Å². The lowest BCUT2D eigenvalue weighted by Gasteiger charge is -2.20. The number of aliphatic hydroxyl groups excluding tert-OH is 1. The fourth-order valence-electron chi connectivity index (χ4n) is 3.53. The lowest BCUT2D eigenvalue weighted by atomic mass is 9.97. The van der Waals surface area contributed by atoms with Crippen LogP contribution in [0.2, 0.25) is 0 Å². The second kappa shape index (κ2) is 5.66. The summed E-state index contributed by atoms with van der Waals surface area (Å²) in [7, 11) is 0.